The summed E-state index contributed by atoms with van der Waals surface area (Å²) in [5.41, 5.74) is 7.70. The van der Waals surface area contributed by atoms with Crippen molar-refractivity contribution in [3.63, 3.8) is 0 Å². The number of hydrogen-bond donors (Lipinski definition) is 1. The smallest absolute Gasteiger partial charge is 0.158 e. The summed E-state index contributed by atoms with van der Waals surface area (Å²) in [6, 6.07) is 3.62. The molecule has 0 aliphatic rings. The Morgan fingerprint density at radius 1 is 1.53 bits per heavy atom. The Morgan fingerprint density at radius 3 is 3.07 bits per heavy atom. The topological polar surface area (TPSA) is 64.2 Å². The van der Waals surface area contributed by atoms with E-state index in [4.69, 9.17) is 17.3 Å². The van der Waals surface area contributed by atoms with Gasteiger partial charge in [-0.1, -0.05) is 23.4 Å². The van der Waals surface area contributed by atoms with E-state index in [0.717, 1.165) is 17.2 Å². The molecule has 0 spiro atoms. The average molecular weight is 259 g/mol. The fraction of sp³-hybridized carbons (Fsp3) is 0.125. The third-order valence-corrected chi connectivity index (χ3v) is 3.21. The zero-order chi connectivity index (χ0) is 10.8. The Balaban J connectivity index is 2.57. The van der Waals surface area contributed by atoms with E-state index < -0.39 is 0 Å². The summed E-state index contributed by atoms with van der Waals surface area (Å²) < 4.78 is 8.17. The van der Waals surface area contributed by atoms with E-state index >= 15 is 0 Å². The molecule has 1 aromatic carbocycles. The van der Waals surface area contributed by atoms with Gasteiger partial charge in [0, 0.05) is 0 Å². The van der Waals surface area contributed by atoms with Crippen molar-refractivity contribution in [2.45, 2.75) is 0 Å². The summed E-state index contributed by atoms with van der Waals surface area (Å²) in [6.45, 7) is 0. The van der Waals surface area contributed by atoms with Crippen LogP contribution >= 0.6 is 35.1 Å². The van der Waals surface area contributed by atoms with E-state index in [1.807, 2.05) is 12.3 Å². The van der Waals surface area contributed by atoms with Crippen molar-refractivity contribution < 1.29 is 0 Å². The Labute approximate surface area is 99.9 Å². The first-order valence-electron chi connectivity index (χ1n) is 4.01. The highest BCUT2D eigenvalue weighted by Crippen LogP contribution is 2.32. The lowest BCUT2D eigenvalue weighted by atomic mass is 10.3. The van der Waals surface area contributed by atoms with Gasteiger partial charge in [0.1, 0.15) is 11.0 Å². The van der Waals surface area contributed by atoms with Gasteiger partial charge in [0.15, 0.2) is 5.17 Å². The Bertz CT molecular complexity index is 522. The molecule has 0 atom stereocenters. The van der Waals surface area contributed by atoms with Crippen LogP contribution in [-0.4, -0.2) is 20.2 Å². The molecule has 0 amide bonds. The van der Waals surface area contributed by atoms with Crippen molar-refractivity contribution in [1.82, 2.24) is 8.75 Å². The van der Waals surface area contributed by atoms with Crippen molar-refractivity contribution >= 4 is 57.0 Å². The Kier molecular flexibility index (Phi) is 3.08. The number of fused-ring (bicyclic) bond motifs is 1. The van der Waals surface area contributed by atoms with Gasteiger partial charge in [0.05, 0.1) is 22.4 Å². The monoisotopic (exact) mass is 258 g/mol. The minimum atomic E-state index is 0.472. The molecule has 0 fully saturated rings. The summed E-state index contributed by atoms with van der Waals surface area (Å²) in [6.07, 6.45) is 1.86. The molecule has 2 N–H and O–H groups in total. The lowest BCUT2D eigenvalue weighted by Gasteiger charge is -1.99. The fourth-order valence-electron chi connectivity index (χ4n) is 1.06. The standard InChI is InChI=1S/C8H7ClN4S2/c1-14-8(10)11-4-2-3-5-7(6(4)9)13-15-12-5/h2-3H,1H3,(H2,10,11). The van der Waals surface area contributed by atoms with Gasteiger partial charge in [0.25, 0.3) is 0 Å². The summed E-state index contributed by atoms with van der Waals surface area (Å²) in [5, 5.41) is 0.970. The fourth-order valence-corrected chi connectivity index (χ4v) is 2.09. The van der Waals surface area contributed by atoms with Gasteiger partial charge in [-0.2, -0.15) is 8.75 Å². The van der Waals surface area contributed by atoms with Crippen LogP contribution in [0.25, 0.3) is 11.0 Å². The Hall–Kier alpha value is -0.850. The number of nitrogens with two attached hydrogens (primary N) is 1. The van der Waals surface area contributed by atoms with E-state index in [2.05, 4.69) is 13.7 Å². The molecule has 78 valence electrons. The zero-order valence-electron chi connectivity index (χ0n) is 7.77. The van der Waals surface area contributed by atoms with Gasteiger partial charge in [-0.25, -0.2) is 4.99 Å². The number of rotatable bonds is 1. The first-order chi connectivity index (χ1) is 7.22. The molecule has 0 saturated carbocycles. The van der Waals surface area contributed by atoms with Crippen LogP contribution in [0.4, 0.5) is 5.69 Å². The molecule has 0 aliphatic heterocycles. The van der Waals surface area contributed by atoms with Crippen LogP contribution in [0.3, 0.4) is 0 Å². The van der Waals surface area contributed by atoms with E-state index in [0.29, 0.717) is 21.4 Å². The van der Waals surface area contributed by atoms with E-state index in [9.17, 15) is 0 Å². The van der Waals surface area contributed by atoms with Crippen LogP contribution in [0.15, 0.2) is 17.1 Å². The molecule has 4 nitrogen and oxygen atoms in total. The quantitative estimate of drug-likeness (QED) is 0.631. The van der Waals surface area contributed by atoms with Crippen molar-refractivity contribution in [2.24, 2.45) is 10.7 Å². The van der Waals surface area contributed by atoms with Crippen LogP contribution < -0.4 is 5.73 Å². The summed E-state index contributed by atoms with van der Waals surface area (Å²) in [5.74, 6) is 0. The molecule has 15 heavy (non-hydrogen) atoms. The molecule has 2 rings (SSSR count). The number of thioether (sulfide) groups is 1. The maximum Gasteiger partial charge on any atom is 0.158 e. The van der Waals surface area contributed by atoms with Crippen molar-refractivity contribution in [1.29, 1.82) is 0 Å². The van der Waals surface area contributed by atoms with E-state index in [-0.39, 0.29) is 0 Å². The number of halogens is 1. The summed E-state index contributed by atoms with van der Waals surface area (Å²) in [7, 11) is 0. The number of hydrogen-bond acceptors (Lipinski definition) is 5. The molecule has 1 aromatic heterocycles. The van der Waals surface area contributed by atoms with Crippen LogP contribution in [-0.2, 0) is 0 Å². The predicted octanol–water partition coefficient (Wildman–Crippen LogP) is 2.65. The van der Waals surface area contributed by atoms with Crippen molar-refractivity contribution in [3.8, 4) is 0 Å². The second-order valence-electron chi connectivity index (χ2n) is 2.68. The first kappa shape index (κ1) is 10.7. The number of aromatic nitrogens is 2. The van der Waals surface area contributed by atoms with Crippen LogP contribution in [0.5, 0.6) is 0 Å². The molecular weight excluding hydrogens is 252 g/mol. The highest BCUT2D eigenvalue weighted by molar-refractivity contribution is 8.13. The molecular formula is C8H7ClN4S2. The molecule has 0 unspecified atom stereocenters. The minimum Gasteiger partial charge on any atom is -0.378 e. The van der Waals surface area contributed by atoms with Crippen molar-refractivity contribution in [3.05, 3.63) is 17.2 Å². The second-order valence-corrected chi connectivity index (χ2v) is 4.42. The molecule has 0 aliphatic carbocycles. The van der Waals surface area contributed by atoms with Gasteiger partial charge >= 0.3 is 0 Å². The summed E-state index contributed by atoms with van der Waals surface area (Å²) >= 11 is 8.62. The van der Waals surface area contributed by atoms with Gasteiger partial charge in [-0.3, -0.25) is 0 Å². The molecule has 7 heteroatoms. The number of benzene rings is 1. The van der Waals surface area contributed by atoms with Crippen LogP contribution in [0, 0.1) is 0 Å². The van der Waals surface area contributed by atoms with Gasteiger partial charge in [-0.15, -0.1) is 0 Å². The van der Waals surface area contributed by atoms with E-state index in [1.54, 1.807) is 6.07 Å². The van der Waals surface area contributed by atoms with Gasteiger partial charge < -0.3 is 5.73 Å². The zero-order valence-corrected chi connectivity index (χ0v) is 10.2. The van der Waals surface area contributed by atoms with Gasteiger partial charge in [0.2, 0.25) is 0 Å². The lowest BCUT2D eigenvalue weighted by Crippen LogP contribution is -2.04. The number of aliphatic imine (C=N–C) groups is 1. The Morgan fingerprint density at radius 2 is 2.33 bits per heavy atom. The third-order valence-electron chi connectivity index (χ3n) is 1.79. The van der Waals surface area contributed by atoms with E-state index in [1.165, 1.54) is 11.8 Å². The predicted molar refractivity (Wildman–Crippen MR) is 67.2 cm³/mol. The maximum atomic E-state index is 6.12. The molecule has 0 radical (unpaired) electrons. The molecule has 2 aromatic rings. The largest absolute Gasteiger partial charge is 0.378 e. The average Bonchev–Trinajstić information content (AvgIpc) is 2.70. The lowest BCUT2D eigenvalue weighted by molar-refractivity contribution is 1.51. The maximum absolute atomic E-state index is 6.12. The minimum absolute atomic E-state index is 0.472. The highest BCUT2D eigenvalue weighted by Gasteiger charge is 2.08. The molecule has 0 saturated heterocycles. The number of amidine groups is 1. The summed E-state index contributed by atoms with van der Waals surface area (Å²) in [4.78, 5) is 4.17. The first-order valence-corrected chi connectivity index (χ1v) is 6.34. The molecule has 0 bridgehead atoms. The van der Waals surface area contributed by atoms with Gasteiger partial charge in [-0.05, 0) is 18.4 Å². The van der Waals surface area contributed by atoms with Crippen LogP contribution in [0.2, 0.25) is 5.02 Å². The normalized spacial score (nSPS) is 12.3. The SMILES string of the molecule is CSC(N)=Nc1ccc2nsnc2c1Cl. The molecule has 1 heterocycles. The second kappa shape index (κ2) is 4.34. The van der Waals surface area contributed by atoms with Crippen LogP contribution in [0.1, 0.15) is 0 Å². The highest BCUT2D eigenvalue weighted by atomic mass is 35.5. The number of nitrogens with zero attached hydrogens (tertiary/aromatic N) is 3. The third kappa shape index (κ3) is 2.06. The van der Waals surface area contributed by atoms with Crippen molar-refractivity contribution in [2.75, 3.05) is 6.26 Å².